The molecule has 1 atom stereocenters. The van der Waals surface area contributed by atoms with E-state index >= 15 is 0 Å². The lowest BCUT2D eigenvalue weighted by Crippen LogP contribution is -2.35. The first-order chi connectivity index (χ1) is 17.1. The van der Waals surface area contributed by atoms with E-state index in [1.165, 1.54) is 12.1 Å². The van der Waals surface area contributed by atoms with Crippen molar-refractivity contribution >= 4 is 23.3 Å². The molecule has 35 heavy (non-hydrogen) atoms. The van der Waals surface area contributed by atoms with Crippen LogP contribution in [0.3, 0.4) is 0 Å². The topological polar surface area (TPSA) is 61.2 Å². The van der Waals surface area contributed by atoms with Crippen LogP contribution in [0.1, 0.15) is 37.5 Å². The zero-order valence-corrected chi connectivity index (χ0v) is 20.3. The maximum absolute atomic E-state index is 13.5. The Labute approximate surface area is 208 Å². The zero-order chi connectivity index (χ0) is 23.8. The fraction of sp³-hybridized carbons (Fsp3) is 0.423. The highest BCUT2D eigenvalue weighted by Gasteiger charge is 2.26. The quantitative estimate of drug-likeness (QED) is 0.336. The van der Waals surface area contributed by atoms with Crippen molar-refractivity contribution < 1.29 is 13.5 Å². The number of oxazole rings is 1. The predicted molar refractivity (Wildman–Crippen MR) is 133 cm³/mol. The number of nitrogens with zero attached hydrogens (tertiary/aromatic N) is 5. The highest BCUT2D eigenvalue weighted by molar-refractivity contribution is 7.71. The van der Waals surface area contributed by atoms with Crippen LogP contribution in [0.15, 0.2) is 52.9 Å². The van der Waals surface area contributed by atoms with Crippen LogP contribution in [0.2, 0.25) is 0 Å². The number of piperidine rings is 1. The summed E-state index contributed by atoms with van der Waals surface area (Å²) in [6.07, 6.45) is 4.15. The molecular weight excluding hydrogens is 465 g/mol. The second kappa shape index (κ2) is 9.64. The summed E-state index contributed by atoms with van der Waals surface area (Å²) in [7, 11) is 0. The Balaban J connectivity index is 1.19. The summed E-state index contributed by atoms with van der Waals surface area (Å²) in [5.41, 5.74) is 2.62. The molecule has 4 heterocycles. The first-order valence-corrected chi connectivity index (χ1v) is 12.7. The number of para-hydroxylation sites is 2. The number of likely N-dealkylation sites (tertiary alicyclic amines) is 1. The second-order valence-electron chi connectivity index (χ2n) is 9.41. The minimum atomic E-state index is -0.265. The summed E-state index contributed by atoms with van der Waals surface area (Å²) < 4.78 is 30.0. The molecule has 4 aromatic rings. The number of aromatic nitrogens is 4. The Bertz CT molecular complexity index is 1330. The van der Waals surface area contributed by atoms with Crippen molar-refractivity contribution in [3.05, 3.63) is 65.0 Å². The summed E-state index contributed by atoms with van der Waals surface area (Å²) in [6, 6.07) is 14.4. The van der Waals surface area contributed by atoms with Crippen LogP contribution in [-0.4, -0.2) is 50.0 Å². The van der Waals surface area contributed by atoms with E-state index in [9.17, 15) is 4.39 Å². The fourth-order valence-electron chi connectivity index (χ4n) is 5.08. The molecule has 2 aromatic heterocycles. The monoisotopic (exact) mass is 493 g/mol. The third-order valence-electron chi connectivity index (χ3n) is 7.02. The molecule has 0 amide bonds. The number of benzene rings is 2. The second-order valence-corrected chi connectivity index (χ2v) is 9.78. The number of hydrogen-bond acceptors (Lipinski definition) is 6. The van der Waals surface area contributed by atoms with Gasteiger partial charge in [-0.25, -0.2) is 14.1 Å². The first-order valence-electron chi connectivity index (χ1n) is 12.3. The van der Waals surface area contributed by atoms with E-state index in [0.717, 1.165) is 73.8 Å². The molecule has 2 aromatic carbocycles. The molecule has 7 nitrogen and oxygen atoms in total. The lowest BCUT2D eigenvalue weighted by molar-refractivity contribution is 0.0965. The summed E-state index contributed by atoms with van der Waals surface area (Å²) in [4.78, 5) is 7.07. The molecule has 2 fully saturated rings. The van der Waals surface area contributed by atoms with Gasteiger partial charge in [0.2, 0.25) is 0 Å². The van der Waals surface area contributed by atoms with Crippen LogP contribution in [-0.2, 0) is 18.0 Å². The number of hydrogen-bond donors (Lipinski definition) is 0. The van der Waals surface area contributed by atoms with Crippen molar-refractivity contribution in [3.63, 3.8) is 0 Å². The average molecular weight is 494 g/mol. The first kappa shape index (κ1) is 22.6. The Morgan fingerprint density at radius 3 is 2.57 bits per heavy atom. The van der Waals surface area contributed by atoms with Crippen LogP contribution < -0.4 is 0 Å². The van der Waals surface area contributed by atoms with Crippen LogP contribution in [0.25, 0.3) is 22.5 Å². The smallest absolute Gasteiger partial charge is 0.199 e. The van der Waals surface area contributed by atoms with Gasteiger partial charge in [-0.2, -0.15) is 5.10 Å². The minimum absolute atomic E-state index is 0.130. The highest BCUT2D eigenvalue weighted by Crippen LogP contribution is 2.30. The summed E-state index contributed by atoms with van der Waals surface area (Å²) in [5, 5.41) is 4.88. The van der Waals surface area contributed by atoms with E-state index in [2.05, 4.69) is 4.90 Å². The van der Waals surface area contributed by atoms with Gasteiger partial charge in [0, 0.05) is 31.2 Å². The van der Waals surface area contributed by atoms with E-state index < -0.39 is 0 Å². The minimum Gasteiger partial charge on any atom is -0.440 e. The Morgan fingerprint density at radius 2 is 1.83 bits per heavy atom. The van der Waals surface area contributed by atoms with Gasteiger partial charge in [-0.3, -0.25) is 9.47 Å². The molecule has 2 saturated heterocycles. The van der Waals surface area contributed by atoms with Crippen molar-refractivity contribution in [2.45, 2.75) is 50.9 Å². The van der Waals surface area contributed by atoms with Crippen molar-refractivity contribution in [2.75, 3.05) is 19.7 Å². The maximum Gasteiger partial charge on any atom is 0.199 e. The lowest BCUT2D eigenvalue weighted by Gasteiger charge is -2.30. The molecule has 0 bridgehead atoms. The lowest BCUT2D eigenvalue weighted by atomic mass is 9.97. The maximum atomic E-state index is 13.5. The molecule has 0 N–H and O–H groups in total. The largest absolute Gasteiger partial charge is 0.440 e. The third kappa shape index (κ3) is 4.68. The third-order valence-corrected chi connectivity index (χ3v) is 7.45. The SMILES string of the molecule is Fc1ccc(-c2nn(CN3CCC(c4nc5ccccc5o4)CC3)c(=S)n2C[C@@H]2CCCO2)cc1. The molecule has 0 radical (unpaired) electrons. The van der Waals surface area contributed by atoms with E-state index in [4.69, 9.17) is 31.5 Å². The molecule has 0 saturated carbocycles. The Kier molecular flexibility index (Phi) is 6.22. The van der Waals surface area contributed by atoms with Gasteiger partial charge in [0.25, 0.3) is 0 Å². The Morgan fingerprint density at radius 1 is 1.03 bits per heavy atom. The van der Waals surface area contributed by atoms with Crippen molar-refractivity contribution in [1.29, 1.82) is 0 Å². The molecule has 0 unspecified atom stereocenters. The molecule has 0 spiro atoms. The number of fused-ring (bicyclic) bond motifs is 1. The normalized spacial score (nSPS) is 19.6. The summed E-state index contributed by atoms with van der Waals surface area (Å²) in [5.74, 6) is 1.64. The fourth-order valence-corrected chi connectivity index (χ4v) is 5.34. The van der Waals surface area contributed by atoms with Gasteiger partial charge in [-0.1, -0.05) is 12.1 Å². The van der Waals surface area contributed by atoms with Gasteiger partial charge in [0.05, 0.1) is 19.3 Å². The van der Waals surface area contributed by atoms with E-state index in [-0.39, 0.29) is 11.9 Å². The van der Waals surface area contributed by atoms with Gasteiger partial charge in [-0.05, 0) is 74.3 Å². The van der Waals surface area contributed by atoms with Crippen molar-refractivity contribution in [2.24, 2.45) is 0 Å². The van der Waals surface area contributed by atoms with E-state index in [1.54, 1.807) is 12.1 Å². The van der Waals surface area contributed by atoms with E-state index in [1.807, 2.05) is 33.5 Å². The standard InChI is InChI=1S/C26H28FN5O2S/c27-20-9-7-18(8-10-20)24-29-32(26(35)31(24)16-21-4-3-15-33-21)17-30-13-11-19(12-14-30)25-28-22-5-1-2-6-23(22)34-25/h1-2,5-10,19,21H,3-4,11-17H2/t21-/m0/s1. The van der Waals surface area contributed by atoms with Crippen LogP contribution >= 0.6 is 12.2 Å². The van der Waals surface area contributed by atoms with Gasteiger partial charge in [0.1, 0.15) is 11.3 Å². The summed E-state index contributed by atoms with van der Waals surface area (Å²) >= 11 is 5.86. The molecular formula is C26H28FN5O2S. The highest BCUT2D eigenvalue weighted by atomic mass is 32.1. The van der Waals surface area contributed by atoms with Gasteiger partial charge in [-0.15, -0.1) is 0 Å². The summed E-state index contributed by atoms with van der Waals surface area (Å²) in [6.45, 7) is 3.88. The number of halogens is 1. The molecule has 182 valence electrons. The molecule has 2 aliphatic heterocycles. The van der Waals surface area contributed by atoms with Gasteiger partial charge >= 0.3 is 0 Å². The van der Waals surface area contributed by atoms with Gasteiger partial charge in [0.15, 0.2) is 22.1 Å². The molecule has 6 rings (SSSR count). The van der Waals surface area contributed by atoms with Crippen molar-refractivity contribution in [3.8, 4) is 11.4 Å². The average Bonchev–Trinajstić information content (AvgIpc) is 3.61. The van der Waals surface area contributed by atoms with Gasteiger partial charge < -0.3 is 9.15 Å². The van der Waals surface area contributed by atoms with Crippen LogP contribution in [0.4, 0.5) is 4.39 Å². The molecule has 9 heteroatoms. The van der Waals surface area contributed by atoms with Crippen molar-refractivity contribution in [1.82, 2.24) is 24.2 Å². The van der Waals surface area contributed by atoms with Crippen LogP contribution in [0, 0.1) is 10.6 Å². The van der Waals surface area contributed by atoms with E-state index in [0.29, 0.717) is 23.9 Å². The number of rotatable bonds is 6. The molecule has 0 aliphatic carbocycles. The predicted octanol–water partition coefficient (Wildman–Crippen LogP) is 5.38. The number of ether oxygens (including phenoxy) is 1. The van der Waals surface area contributed by atoms with Crippen LogP contribution in [0.5, 0.6) is 0 Å². The zero-order valence-electron chi connectivity index (χ0n) is 19.5. The molecule has 2 aliphatic rings. The Hall–Kier alpha value is -2.88.